The second-order valence-electron chi connectivity index (χ2n) is 21.9. The van der Waals surface area contributed by atoms with E-state index in [1.807, 2.05) is 0 Å². The summed E-state index contributed by atoms with van der Waals surface area (Å²) in [6.45, 7) is 9.47. The van der Waals surface area contributed by atoms with Crippen molar-refractivity contribution in [3.8, 4) is 77.9 Å². The van der Waals surface area contributed by atoms with Gasteiger partial charge in [-0.25, -0.2) is 0 Å². The third-order valence-corrected chi connectivity index (χ3v) is 17.5. The van der Waals surface area contributed by atoms with E-state index >= 15 is 0 Å². The minimum Gasteiger partial charge on any atom is -0.310 e. The number of fused-ring (bicyclic) bond motifs is 16. The lowest BCUT2D eigenvalue weighted by Gasteiger charge is -2.31. The SMILES string of the molecule is CC1(C)c2ccccc2-c2ccc(N(c3ccc(-c4cccc5c4-c4ccccc4C5(C)C)cc3)c3ccc(-c4cccc5c4-c4ccccc4C54c5ccccc5-c5ccc(-c6ccccc6)cc54)cc3)cc21. The van der Waals surface area contributed by atoms with E-state index in [1.54, 1.807) is 0 Å². The van der Waals surface area contributed by atoms with Crippen molar-refractivity contribution in [2.75, 3.05) is 4.90 Å². The van der Waals surface area contributed by atoms with Gasteiger partial charge in [0.15, 0.2) is 0 Å². The Morgan fingerprint density at radius 3 is 1.26 bits per heavy atom. The van der Waals surface area contributed by atoms with Crippen LogP contribution in [-0.2, 0) is 16.2 Å². The van der Waals surface area contributed by atoms with Crippen molar-refractivity contribution >= 4 is 17.1 Å². The topological polar surface area (TPSA) is 3.24 Å². The van der Waals surface area contributed by atoms with Gasteiger partial charge in [-0.1, -0.05) is 234 Å². The Hall–Kier alpha value is -8.78. The third kappa shape index (κ3) is 5.81. The van der Waals surface area contributed by atoms with Crippen LogP contribution in [0.25, 0.3) is 77.9 Å². The molecule has 1 spiro atoms. The minimum atomic E-state index is -0.456. The first kappa shape index (κ1) is 42.9. The molecule has 11 aromatic carbocycles. The summed E-state index contributed by atoms with van der Waals surface area (Å²) < 4.78 is 0. The highest BCUT2D eigenvalue weighted by atomic mass is 15.1. The number of rotatable bonds is 6. The Balaban J connectivity index is 0.872. The highest BCUT2D eigenvalue weighted by Gasteiger charge is 2.52. The van der Waals surface area contributed by atoms with Crippen LogP contribution in [0.15, 0.2) is 249 Å². The molecule has 0 saturated carbocycles. The summed E-state index contributed by atoms with van der Waals surface area (Å²) in [5.41, 5.74) is 31.6. The first-order valence-corrected chi connectivity index (χ1v) is 26.2. The zero-order valence-corrected chi connectivity index (χ0v) is 42.1. The van der Waals surface area contributed by atoms with E-state index in [0.717, 1.165) is 17.1 Å². The highest BCUT2D eigenvalue weighted by Crippen LogP contribution is 2.64. The van der Waals surface area contributed by atoms with Crippen LogP contribution < -0.4 is 4.90 Å². The van der Waals surface area contributed by atoms with Crippen molar-refractivity contribution in [3.63, 3.8) is 0 Å². The molecule has 1 unspecified atom stereocenters. The van der Waals surface area contributed by atoms with Gasteiger partial charge in [0.1, 0.15) is 0 Å². The molecule has 0 radical (unpaired) electrons. The maximum atomic E-state index is 2.48. The van der Waals surface area contributed by atoms with Gasteiger partial charge in [0.05, 0.1) is 5.41 Å². The molecule has 0 N–H and O–H groups in total. The zero-order valence-electron chi connectivity index (χ0n) is 42.1. The quantitative estimate of drug-likeness (QED) is 0.161. The number of benzene rings is 11. The monoisotopic (exact) mass is 943 g/mol. The maximum Gasteiger partial charge on any atom is 0.0725 e. The van der Waals surface area contributed by atoms with Gasteiger partial charge in [0.2, 0.25) is 0 Å². The normalized spacial score (nSPS) is 16.1. The smallest absolute Gasteiger partial charge is 0.0725 e. The molecule has 11 aromatic rings. The number of nitrogens with zero attached hydrogens (tertiary/aromatic N) is 1. The van der Waals surface area contributed by atoms with Gasteiger partial charge >= 0.3 is 0 Å². The molecule has 4 aliphatic rings. The van der Waals surface area contributed by atoms with Gasteiger partial charge in [0, 0.05) is 27.9 Å². The Morgan fingerprint density at radius 2 is 0.622 bits per heavy atom. The van der Waals surface area contributed by atoms with Crippen LogP contribution in [0, 0.1) is 0 Å². The van der Waals surface area contributed by atoms with Crippen LogP contribution in [0.2, 0.25) is 0 Å². The molecule has 0 heterocycles. The second-order valence-corrected chi connectivity index (χ2v) is 21.9. The maximum absolute atomic E-state index is 2.48. The van der Waals surface area contributed by atoms with E-state index in [-0.39, 0.29) is 10.8 Å². The Labute approximate surface area is 434 Å². The Morgan fingerprint density at radius 1 is 0.230 bits per heavy atom. The van der Waals surface area contributed by atoms with E-state index in [9.17, 15) is 0 Å². The summed E-state index contributed by atoms with van der Waals surface area (Å²) in [6.07, 6.45) is 0. The average Bonchev–Trinajstić information content (AvgIpc) is 4.26. The van der Waals surface area contributed by atoms with Crippen LogP contribution in [-0.4, -0.2) is 0 Å². The third-order valence-electron chi connectivity index (χ3n) is 17.5. The summed E-state index contributed by atoms with van der Waals surface area (Å²) in [4.78, 5) is 2.46. The molecular weight excluding hydrogens is 891 g/mol. The molecule has 0 bridgehead atoms. The fourth-order valence-corrected chi connectivity index (χ4v) is 14.1. The summed E-state index contributed by atoms with van der Waals surface area (Å²) in [5.74, 6) is 0. The van der Waals surface area contributed by atoms with Gasteiger partial charge in [-0.2, -0.15) is 0 Å². The van der Waals surface area contributed by atoms with Crippen LogP contribution in [0.3, 0.4) is 0 Å². The molecule has 1 nitrogen and oxygen atoms in total. The molecule has 1 atom stereocenters. The Kier molecular flexibility index (Phi) is 9.04. The molecule has 74 heavy (non-hydrogen) atoms. The van der Waals surface area contributed by atoms with E-state index < -0.39 is 5.41 Å². The van der Waals surface area contributed by atoms with Crippen LogP contribution >= 0.6 is 0 Å². The largest absolute Gasteiger partial charge is 0.310 e. The van der Waals surface area contributed by atoms with Gasteiger partial charge in [0.25, 0.3) is 0 Å². The predicted octanol–water partition coefficient (Wildman–Crippen LogP) is 19.1. The van der Waals surface area contributed by atoms with Crippen molar-refractivity contribution in [1.82, 2.24) is 0 Å². The van der Waals surface area contributed by atoms with Crippen molar-refractivity contribution in [1.29, 1.82) is 0 Å². The van der Waals surface area contributed by atoms with E-state index in [4.69, 9.17) is 0 Å². The zero-order chi connectivity index (χ0) is 49.5. The second kappa shape index (κ2) is 15.6. The molecule has 350 valence electrons. The molecule has 15 rings (SSSR count). The summed E-state index contributed by atoms with van der Waals surface area (Å²) in [6, 6.07) is 93.8. The first-order valence-electron chi connectivity index (χ1n) is 26.2. The van der Waals surface area contributed by atoms with Crippen molar-refractivity contribution in [2.24, 2.45) is 0 Å². The molecule has 0 saturated heterocycles. The minimum absolute atomic E-state index is 0.0591. The standard InChI is InChI=1S/C73H53N/c1-71(2)62-27-13-10-22-59(62)69-53(24-16-30-65(69)71)47-32-37-50(38-33-47)74(52-41-43-57-55-20-8-12-26-61(55)72(3,4)67(57)45-52)51-39-34-48(35-40-51)54-25-17-31-66-70(54)60-23-11-15-29-64(60)73(66)63-28-14-9-21-56(63)58-42-36-49(44-68(58)73)46-18-6-5-7-19-46/h5-45H,1-4H3. The molecule has 0 aliphatic heterocycles. The highest BCUT2D eigenvalue weighted by molar-refractivity contribution is 6.01. The van der Waals surface area contributed by atoms with Crippen molar-refractivity contribution in [2.45, 2.75) is 43.9 Å². The number of hydrogen-bond acceptors (Lipinski definition) is 1. The van der Waals surface area contributed by atoms with Gasteiger partial charge in [-0.15, -0.1) is 0 Å². The molecule has 0 amide bonds. The van der Waals surface area contributed by atoms with Crippen LogP contribution in [0.4, 0.5) is 17.1 Å². The fourth-order valence-electron chi connectivity index (χ4n) is 14.1. The number of hydrogen-bond donors (Lipinski definition) is 0. The summed E-state index contributed by atoms with van der Waals surface area (Å²) in [5, 5.41) is 0. The van der Waals surface area contributed by atoms with E-state index in [2.05, 4.69) is 281 Å². The molecule has 0 fully saturated rings. The molecule has 1 heteroatoms. The van der Waals surface area contributed by atoms with Crippen LogP contribution in [0.1, 0.15) is 72.2 Å². The number of anilines is 3. The van der Waals surface area contributed by atoms with Crippen LogP contribution in [0.5, 0.6) is 0 Å². The summed E-state index contributed by atoms with van der Waals surface area (Å²) in [7, 11) is 0. The molecule has 4 aliphatic carbocycles. The van der Waals surface area contributed by atoms with E-state index in [1.165, 1.54) is 122 Å². The van der Waals surface area contributed by atoms with E-state index in [0.29, 0.717) is 0 Å². The lowest BCUT2D eigenvalue weighted by Crippen LogP contribution is -2.25. The fraction of sp³-hybridized carbons (Fsp3) is 0.0959. The van der Waals surface area contributed by atoms with Crippen molar-refractivity contribution < 1.29 is 0 Å². The van der Waals surface area contributed by atoms with Gasteiger partial charge < -0.3 is 4.90 Å². The van der Waals surface area contributed by atoms with Crippen molar-refractivity contribution in [3.05, 3.63) is 293 Å². The predicted molar refractivity (Wildman–Crippen MR) is 309 cm³/mol. The van der Waals surface area contributed by atoms with Gasteiger partial charge in [-0.3, -0.25) is 0 Å². The Bertz CT molecular complexity index is 4120. The van der Waals surface area contributed by atoms with Gasteiger partial charge in [-0.05, 0) is 165 Å². The lowest BCUT2D eigenvalue weighted by molar-refractivity contribution is 0.660. The molecular formula is C73H53N. The average molecular weight is 944 g/mol. The summed E-state index contributed by atoms with van der Waals surface area (Å²) >= 11 is 0. The molecule has 0 aromatic heterocycles. The lowest BCUT2D eigenvalue weighted by atomic mass is 9.70. The first-order chi connectivity index (χ1) is 36.2.